The lowest BCUT2D eigenvalue weighted by Gasteiger charge is -2.45. The van der Waals surface area contributed by atoms with Crippen molar-refractivity contribution in [3.8, 4) is 0 Å². The fourth-order valence-corrected chi connectivity index (χ4v) is 4.54. The van der Waals surface area contributed by atoms with Crippen LogP contribution in [-0.4, -0.2) is 53.0 Å². The van der Waals surface area contributed by atoms with Crippen LogP contribution >= 0.6 is 0 Å². The van der Waals surface area contributed by atoms with Gasteiger partial charge in [0.1, 0.15) is 11.9 Å². The smallest absolute Gasteiger partial charge is 0.251 e. The predicted molar refractivity (Wildman–Crippen MR) is 93.7 cm³/mol. The van der Waals surface area contributed by atoms with Crippen LogP contribution in [0.15, 0.2) is 24.3 Å². The van der Waals surface area contributed by atoms with Crippen LogP contribution in [0.3, 0.4) is 0 Å². The average Bonchev–Trinajstić information content (AvgIpc) is 3.29. The van der Waals surface area contributed by atoms with Gasteiger partial charge in [0, 0.05) is 38.2 Å². The number of carbonyl (C=O) groups excluding carboxylic acids is 2. The van der Waals surface area contributed by atoms with Gasteiger partial charge in [-0.15, -0.1) is 0 Å². The summed E-state index contributed by atoms with van der Waals surface area (Å²) in [5.74, 6) is -0.00264. The molecule has 0 aliphatic carbocycles. The second kappa shape index (κ2) is 6.99. The van der Waals surface area contributed by atoms with Crippen LogP contribution in [0.5, 0.6) is 0 Å². The Bertz CT molecular complexity index is 677. The summed E-state index contributed by atoms with van der Waals surface area (Å²) >= 11 is 0. The van der Waals surface area contributed by atoms with E-state index in [1.165, 1.54) is 12.1 Å². The van der Waals surface area contributed by atoms with Crippen LogP contribution in [0.1, 0.15) is 44.1 Å². The second-order valence-corrected chi connectivity index (χ2v) is 7.66. The van der Waals surface area contributed by atoms with Crippen LogP contribution in [0, 0.1) is 5.82 Å². The van der Waals surface area contributed by atoms with Gasteiger partial charge in [0.2, 0.25) is 5.91 Å². The molecule has 2 amide bonds. The molecule has 1 atom stereocenters. The highest BCUT2D eigenvalue weighted by Gasteiger charge is 2.47. The number of carbonyl (C=O) groups is 2. The Morgan fingerprint density at radius 2 is 1.92 bits per heavy atom. The molecular formula is C20H25FN2O3. The molecule has 0 saturated carbocycles. The number of hydrogen-bond donors (Lipinski definition) is 0. The lowest BCUT2D eigenvalue weighted by Crippen LogP contribution is -2.55. The van der Waals surface area contributed by atoms with Gasteiger partial charge in [0.25, 0.3) is 5.91 Å². The molecule has 1 spiro atoms. The van der Waals surface area contributed by atoms with Crippen molar-refractivity contribution >= 4 is 11.8 Å². The fraction of sp³-hybridized carbons (Fsp3) is 0.600. The van der Waals surface area contributed by atoms with Crippen LogP contribution in [0.2, 0.25) is 0 Å². The first kappa shape index (κ1) is 17.5. The molecule has 0 radical (unpaired) electrons. The average molecular weight is 360 g/mol. The van der Waals surface area contributed by atoms with Crippen molar-refractivity contribution in [1.82, 2.24) is 9.80 Å². The minimum atomic E-state index is -0.274. The number of rotatable bonds is 3. The van der Waals surface area contributed by atoms with Gasteiger partial charge in [-0.05, 0) is 49.8 Å². The largest absolute Gasteiger partial charge is 0.368 e. The Morgan fingerprint density at radius 1 is 1.19 bits per heavy atom. The van der Waals surface area contributed by atoms with Gasteiger partial charge >= 0.3 is 0 Å². The van der Waals surface area contributed by atoms with E-state index in [4.69, 9.17) is 4.74 Å². The van der Waals surface area contributed by atoms with Gasteiger partial charge < -0.3 is 14.5 Å². The number of benzene rings is 1. The minimum Gasteiger partial charge on any atom is -0.368 e. The zero-order chi connectivity index (χ0) is 18.1. The number of nitrogens with zero attached hydrogens (tertiary/aromatic N) is 2. The number of piperidine rings is 1. The van der Waals surface area contributed by atoms with E-state index in [0.717, 1.165) is 37.7 Å². The van der Waals surface area contributed by atoms with Crippen LogP contribution < -0.4 is 0 Å². The highest BCUT2D eigenvalue weighted by Crippen LogP contribution is 2.40. The first-order chi connectivity index (χ1) is 12.6. The van der Waals surface area contributed by atoms with Gasteiger partial charge in [-0.3, -0.25) is 9.59 Å². The molecular weight excluding hydrogens is 335 g/mol. The van der Waals surface area contributed by atoms with E-state index in [1.54, 1.807) is 12.1 Å². The second-order valence-electron chi connectivity index (χ2n) is 7.66. The van der Waals surface area contributed by atoms with Gasteiger partial charge in [0.15, 0.2) is 0 Å². The Kier molecular flexibility index (Phi) is 4.69. The Balaban J connectivity index is 1.43. The number of amides is 2. The third kappa shape index (κ3) is 3.22. The molecule has 140 valence electrons. The quantitative estimate of drug-likeness (QED) is 0.832. The maximum atomic E-state index is 13.1. The van der Waals surface area contributed by atoms with Crippen molar-refractivity contribution in [3.63, 3.8) is 0 Å². The van der Waals surface area contributed by atoms with Crippen molar-refractivity contribution in [2.24, 2.45) is 0 Å². The summed E-state index contributed by atoms with van der Waals surface area (Å²) in [6.45, 7) is 2.53. The number of likely N-dealkylation sites (tertiary alicyclic amines) is 2. The Morgan fingerprint density at radius 3 is 2.58 bits per heavy atom. The Hall–Kier alpha value is -1.95. The van der Waals surface area contributed by atoms with Gasteiger partial charge in [-0.1, -0.05) is 12.1 Å². The van der Waals surface area contributed by atoms with Crippen molar-refractivity contribution in [2.45, 2.75) is 56.7 Å². The van der Waals surface area contributed by atoms with E-state index in [1.807, 2.05) is 9.80 Å². The summed E-state index contributed by atoms with van der Waals surface area (Å²) < 4.78 is 18.7. The van der Waals surface area contributed by atoms with Crippen molar-refractivity contribution in [3.05, 3.63) is 35.6 Å². The van der Waals surface area contributed by atoms with E-state index in [2.05, 4.69) is 0 Å². The first-order valence-corrected chi connectivity index (χ1v) is 9.53. The van der Waals surface area contributed by atoms with Gasteiger partial charge in [0.05, 0.1) is 0 Å². The standard InChI is InChI=1S/C20H25FN2O3/c21-16-5-3-15(4-6-16)14-23-18(24)7-8-20(23)9-11-22(12-10-20)19(25)17-2-1-13-26-17/h3-6,17H,1-2,7-14H2. The van der Waals surface area contributed by atoms with Crippen LogP contribution in [0.25, 0.3) is 0 Å². The zero-order valence-corrected chi connectivity index (χ0v) is 15.0. The fourth-order valence-electron chi connectivity index (χ4n) is 4.54. The van der Waals surface area contributed by atoms with Crippen molar-refractivity contribution in [2.75, 3.05) is 19.7 Å². The monoisotopic (exact) mass is 360 g/mol. The van der Waals surface area contributed by atoms with Crippen molar-refractivity contribution < 1.29 is 18.7 Å². The van der Waals surface area contributed by atoms with E-state index in [-0.39, 0.29) is 29.3 Å². The normalized spacial score (nSPS) is 25.3. The summed E-state index contributed by atoms with van der Waals surface area (Å²) in [4.78, 5) is 28.9. The molecule has 1 unspecified atom stereocenters. The molecule has 3 saturated heterocycles. The highest BCUT2D eigenvalue weighted by atomic mass is 19.1. The van der Waals surface area contributed by atoms with Gasteiger partial charge in [-0.2, -0.15) is 0 Å². The molecule has 1 aromatic rings. The first-order valence-electron chi connectivity index (χ1n) is 9.53. The molecule has 1 aromatic carbocycles. The molecule has 26 heavy (non-hydrogen) atoms. The summed E-state index contributed by atoms with van der Waals surface area (Å²) in [5, 5.41) is 0. The predicted octanol–water partition coefficient (Wildman–Crippen LogP) is 2.49. The number of hydrogen-bond acceptors (Lipinski definition) is 3. The molecule has 0 N–H and O–H groups in total. The molecule has 0 aromatic heterocycles. The van der Waals surface area contributed by atoms with Crippen molar-refractivity contribution in [1.29, 1.82) is 0 Å². The third-order valence-electron chi connectivity index (χ3n) is 6.14. The molecule has 3 aliphatic heterocycles. The van der Waals surface area contributed by atoms with E-state index in [0.29, 0.717) is 32.7 Å². The molecule has 3 fully saturated rings. The molecule has 3 heterocycles. The molecule has 6 heteroatoms. The maximum absolute atomic E-state index is 13.1. The van der Waals surface area contributed by atoms with Crippen LogP contribution in [-0.2, 0) is 20.9 Å². The van der Waals surface area contributed by atoms with E-state index >= 15 is 0 Å². The molecule has 5 nitrogen and oxygen atoms in total. The molecule has 3 aliphatic rings. The topological polar surface area (TPSA) is 49.9 Å². The Labute approximate surface area is 153 Å². The van der Waals surface area contributed by atoms with Gasteiger partial charge in [-0.25, -0.2) is 4.39 Å². The molecule has 0 bridgehead atoms. The maximum Gasteiger partial charge on any atom is 0.251 e. The lowest BCUT2D eigenvalue weighted by molar-refractivity contribution is -0.144. The minimum absolute atomic E-state index is 0.103. The zero-order valence-electron chi connectivity index (χ0n) is 15.0. The number of halogens is 1. The summed E-state index contributed by atoms with van der Waals surface area (Å²) in [6.07, 6.45) is 4.50. The van der Waals surface area contributed by atoms with E-state index < -0.39 is 0 Å². The summed E-state index contributed by atoms with van der Waals surface area (Å²) in [6, 6.07) is 6.35. The molecule has 4 rings (SSSR count). The summed E-state index contributed by atoms with van der Waals surface area (Å²) in [7, 11) is 0. The summed E-state index contributed by atoms with van der Waals surface area (Å²) in [5.41, 5.74) is 0.776. The number of ether oxygens (including phenoxy) is 1. The third-order valence-corrected chi connectivity index (χ3v) is 6.14. The highest BCUT2D eigenvalue weighted by molar-refractivity contribution is 5.82. The van der Waals surface area contributed by atoms with E-state index in [9.17, 15) is 14.0 Å². The SMILES string of the molecule is O=C(C1CCCO1)N1CCC2(CCC(=O)N2Cc2ccc(F)cc2)CC1. The van der Waals surface area contributed by atoms with Crippen LogP contribution in [0.4, 0.5) is 4.39 Å². The lowest BCUT2D eigenvalue weighted by atomic mass is 9.84.